The lowest BCUT2D eigenvalue weighted by Crippen LogP contribution is -2.39. The maximum atomic E-state index is 10.6. The normalized spacial score (nSPS) is 43.2. The Kier molecular flexibility index (Phi) is 3.14. The van der Waals surface area contributed by atoms with Gasteiger partial charge in [-0.05, 0) is 91.9 Å². The first-order valence-corrected chi connectivity index (χ1v) is 8.81. The molecule has 0 unspecified atom stereocenters. The lowest BCUT2D eigenvalue weighted by Gasteiger charge is -2.49. The van der Waals surface area contributed by atoms with Gasteiger partial charge in [0.05, 0.1) is 12.7 Å². The van der Waals surface area contributed by atoms with Gasteiger partial charge in [-0.3, -0.25) is 0 Å². The largest absolute Gasteiger partial charge is 0.497 e. The van der Waals surface area contributed by atoms with Crippen molar-refractivity contribution < 1.29 is 9.84 Å². The molecule has 4 rings (SSSR count). The summed E-state index contributed by atoms with van der Waals surface area (Å²) in [5.41, 5.74) is 2.96. The van der Waals surface area contributed by atoms with E-state index in [9.17, 15) is 5.11 Å². The average Bonchev–Trinajstić information content (AvgIpc) is 2.74. The van der Waals surface area contributed by atoms with Crippen LogP contribution in [0.15, 0.2) is 18.2 Å². The van der Waals surface area contributed by atoms with Crippen LogP contribution in [0.1, 0.15) is 63.0 Å². The number of methoxy groups -OCH3 is 1. The maximum Gasteiger partial charge on any atom is 0.119 e. The summed E-state index contributed by atoms with van der Waals surface area (Å²) in [4.78, 5) is 0. The Morgan fingerprint density at radius 1 is 1.23 bits per heavy atom. The number of hydrogen-bond acceptors (Lipinski definition) is 2. The number of benzene rings is 1. The minimum Gasteiger partial charge on any atom is -0.497 e. The quantitative estimate of drug-likeness (QED) is 0.838. The van der Waals surface area contributed by atoms with Gasteiger partial charge in [0.1, 0.15) is 5.75 Å². The Hall–Kier alpha value is -1.02. The summed E-state index contributed by atoms with van der Waals surface area (Å²) in [7, 11) is 1.75. The lowest BCUT2D eigenvalue weighted by atomic mass is 9.56. The molecular formula is C20H28O2. The summed E-state index contributed by atoms with van der Waals surface area (Å²) in [5.74, 6) is 3.13. The van der Waals surface area contributed by atoms with Crippen LogP contribution in [0.2, 0.25) is 0 Å². The molecule has 2 heteroatoms. The molecule has 120 valence electrons. The van der Waals surface area contributed by atoms with E-state index in [2.05, 4.69) is 25.1 Å². The second-order valence-corrected chi connectivity index (χ2v) is 8.55. The van der Waals surface area contributed by atoms with Gasteiger partial charge in [0.2, 0.25) is 0 Å². The zero-order chi connectivity index (χ0) is 15.5. The van der Waals surface area contributed by atoms with Crippen molar-refractivity contribution in [1.29, 1.82) is 0 Å². The van der Waals surface area contributed by atoms with Crippen molar-refractivity contribution in [2.75, 3.05) is 7.11 Å². The summed E-state index contributed by atoms with van der Waals surface area (Å²) in [6, 6.07) is 6.67. The fourth-order valence-corrected chi connectivity index (χ4v) is 6.11. The Labute approximate surface area is 133 Å². The molecule has 0 saturated heterocycles. The van der Waals surface area contributed by atoms with Crippen LogP contribution < -0.4 is 4.74 Å². The Morgan fingerprint density at radius 3 is 2.82 bits per heavy atom. The van der Waals surface area contributed by atoms with Crippen LogP contribution in [-0.4, -0.2) is 17.8 Å². The molecule has 0 heterocycles. The third kappa shape index (κ3) is 2.11. The van der Waals surface area contributed by atoms with Gasteiger partial charge in [-0.25, -0.2) is 0 Å². The molecule has 0 aromatic heterocycles. The monoisotopic (exact) mass is 300 g/mol. The first-order valence-electron chi connectivity index (χ1n) is 8.81. The molecule has 0 bridgehead atoms. The van der Waals surface area contributed by atoms with E-state index >= 15 is 0 Å². The molecule has 5 atom stereocenters. The molecule has 0 aliphatic heterocycles. The predicted molar refractivity (Wildman–Crippen MR) is 88.2 cm³/mol. The lowest BCUT2D eigenvalue weighted by molar-refractivity contribution is 0.0511. The minimum absolute atomic E-state index is 0.356. The van der Waals surface area contributed by atoms with Crippen molar-refractivity contribution in [3.05, 3.63) is 29.3 Å². The van der Waals surface area contributed by atoms with Crippen molar-refractivity contribution in [2.24, 2.45) is 17.3 Å². The summed E-state index contributed by atoms with van der Waals surface area (Å²) < 4.78 is 5.40. The SMILES string of the molecule is COc1ccc2c(c1)CC[C@H]1[C@H]2CC[C@]2(C)C[C@](C)(O)C[C@@H]12. The standard InChI is InChI=1S/C20H28O2/c1-19-9-8-16-15-7-5-14(22-3)10-13(15)4-6-17(16)18(19)11-20(2,21)12-19/h5,7,10,16-18,21H,4,6,8-9,11-12H2,1-3H3/t16-,17-,18-,19+,20+/m0/s1. The Morgan fingerprint density at radius 2 is 2.05 bits per heavy atom. The molecule has 3 aliphatic carbocycles. The highest BCUT2D eigenvalue weighted by molar-refractivity contribution is 5.40. The van der Waals surface area contributed by atoms with Gasteiger partial charge in [-0.15, -0.1) is 0 Å². The molecule has 0 radical (unpaired) electrons. The van der Waals surface area contributed by atoms with Crippen molar-refractivity contribution in [3.8, 4) is 5.75 Å². The van der Waals surface area contributed by atoms with E-state index in [0.717, 1.165) is 24.5 Å². The Bertz CT molecular complexity index is 591. The zero-order valence-corrected chi connectivity index (χ0v) is 14.1. The number of aliphatic hydroxyl groups is 1. The molecule has 1 aromatic carbocycles. The van der Waals surface area contributed by atoms with E-state index < -0.39 is 5.60 Å². The van der Waals surface area contributed by atoms with E-state index in [0.29, 0.717) is 17.3 Å². The second kappa shape index (κ2) is 4.74. The van der Waals surface area contributed by atoms with Gasteiger partial charge in [-0.2, -0.15) is 0 Å². The van der Waals surface area contributed by atoms with E-state index in [4.69, 9.17) is 4.74 Å². The molecule has 2 saturated carbocycles. The van der Waals surface area contributed by atoms with Crippen LogP contribution in [0.4, 0.5) is 0 Å². The maximum absolute atomic E-state index is 10.6. The van der Waals surface area contributed by atoms with Gasteiger partial charge in [0.25, 0.3) is 0 Å². The highest BCUT2D eigenvalue weighted by atomic mass is 16.5. The van der Waals surface area contributed by atoms with Crippen LogP contribution in [-0.2, 0) is 6.42 Å². The average molecular weight is 300 g/mol. The summed E-state index contributed by atoms with van der Waals surface area (Å²) in [6.07, 6.45) is 6.98. The van der Waals surface area contributed by atoms with Crippen LogP contribution in [0.5, 0.6) is 5.75 Å². The van der Waals surface area contributed by atoms with Crippen LogP contribution in [0, 0.1) is 17.3 Å². The van der Waals surface area contributed by atoms with Crippen molar-refractivity contribution in [3.63, 3.8) is 0 Å². The Balaban J connectivity index is 1.68. The van der Waals surface area contributed by atoms with E-state index in [1.807, 2.05) is 6.92 Å². The van der Waals surface area contributed by atoms with Gasteiger partial charge in [0, 0.05) is 0 Å². The van der Waals surface area contributed by atoms with E-state index in [1.54, 1.807) is 12.7 Å². The number of hydrogen-bond donors (Lipinski definition) is 1. The fourth-order valence-electron chi connectivity index (χ4n) is 6.11. The van der Waals surface area contributed by atoms with Gasteiger partial charge >= 0.3 is 0 Å². The van der Waals surface area contributed by atoms with Crippen LogP contribution in [0.25, 0.3) is 0 Å². The summed E-state index contributed by atoms with van der Waals surface area (Å²) in [5, 5.41) is 10.6. The number of fused-ring (bicyclic) bond motifs is 5. The van der Waals surface area contributed by atoms with Crippen molar-refractivity contribution >= 4 is 0 Å². The third-order valence-corrected chi connectivity index (χ3v) is 6.90. The third-order valence-electron chi connectivity index (χ3n) is 6.90. The highest BCUT2D eigenvalue weighted by Gasteiger charge is 2.56. The zero-order valence-electron chi connectivity index (χ0n) is 14.1. The molecule has 1 aromatic rings. The van der Waals surface area contributed by atoms with Crippen molar-refractivity contribution in [1.82, 2.24) is 0 Å². The predicted octanol–water partition coefficient (Wildman–Crippen LogP) is 4.30. The fraction of sp³-hybridized carbons (Fsp3) is 0.700. The van der Waals surface area contributed by atoms with Gasteiger partial charge < -0.3 is 9.84 Å². The molecule has 0 amide bonds. The first-order chi connectivity index (χ1) is 10.4. The summed E-state index contributed by atoms with van der Waals surface area (Å²) >= 11 is 0. The van der Waals surface area contributed by atoms with Gasteiger partial charge in [0.15, 0.2) is 0 Å². The first kappa shape index (κ1) is 14.6. The van der Waals surface area contributed by atoms with E-state index in [1.165, 1.54) is 31.2 Å². The summed E-state index contributed by atoms with van der Waals surface area (Å²) in [6.45, 7) is 4.48. The van der Waals surface area contributed by atoms with Gasteiger partial charge in [-0.1, -0.05) is 13.0 Å². The number of ether oxygens (including phenoxy) is 1. The molecule has 2 fully saturated rings. The topological polar surface area (TPSA) is 29.5 Å². The smallest absolute Gasteiger partial charge is 0.119 e. The molecule has 22 heavy (non-hydrogen) atoms. The van der Waals surface area contributed by atoms with Crippen LogP contribution in [0.3, 0.4) is 0 Å². The highest BCUT2D eigenvalue weighted by Crippen LogP contribution is 2.63. The van der Waals surface area contributed by atoms with Crippen molar-refractivity contribution in [2.45, 2.75) is 63.9 Å². The van der Waals surface area contributed by atoms with E-state index in [-0.39, 0.29) is 0 Å². The molecule has 3 aliphatic rings. The molecule has 1 N–H and O–H groups in total. The number of aryl methyl sites for hydroxylation is 1. The van der Waals surface area contributed by atoms with Crippen LogP contribution >= 0.6 is 0 Å². The molecular weight excluding hydrogens is 272 g/mol. The minimum atomic E-state index is -0.450. The number of rotatable bonds is 1. The molecule has 2 nitrogen and oxygen atoms in total. The second-order valence-electron chi connectivity index (χ2n) is 8.55. The molecule has 0 spiro atoms.